The third-order valence-corrected chi connectivity index (χ3v) is 4.75. The zero-order valence-electron chi connectivity index (χ0n) is 14.5. The Bertz CT molecular complexity index is 527. The number of hydrogen-bond donors (Lipinski definition) is 0. The minimum Gasteiger partial charge on any atom is -0.339 e. The van der Waals surface area contributed by atoms with Crippen LogP contribution in [0.4, 0.5) is 0 Å². The van der Waals surface area contributed by atoms with Crippen LogP contribution in [0.3, 0.4) is 0 Å². The second-order valence-corrected chi connectivity index (χ2v) is 6.38. The van der Waals surface area contributed by atoms with E-state index in [0.29, 0.717) is 32.6 Å². The van der Waals surface area contributed by atoms with E-state index in [1.807, 2.05) is 41.0 Å². The highest BCUT2D eigenvalue weighted by atomic mass is 16.2. The average molecular weight is 316 g/mol. The lowest BCUT2D eigenvalue weighted by Gasteiger charge is -2.36. The van der Waals surface area contributed by atoms with Crippen molar-refractivity contribution in [2.24, 2.45) is 5.92 Å². The van der Waals surface area contributed by atoms with Crippen LogP contribution in [0.1, 0.15) is 37.8 Å². The maximum Gasteiger partial charge on any atom is 0.227 e. The van der Waals surface area contributed by atoms with Crippen molar-refractivity contribution < 1.29 is 9.59 Å². The molecule has 0 atom stereocenters. The summed E-state index contributed by atoms with van der Waals surface area (Å²) in [4.78, 5) is 28.6. The summed E-state index contributed by atoms with van der Waals surface area (Å²) in [6, 6.07) is 8.10. The van der Waals surface area contributed by atoms with Gasteiger partial charge in [0.1, 0.15) is 0 Å². The fourth-order valence-electron chi connectivity index (χ4n) is 3.06. The van der Waals surface area contributed by atoms with Gasteiger partial charge in [0, 0.05) is 32.1 Å². The number of aryl methyl sites for hydroxylation is 1. The number of nitrogens with zero attached hydrogens (tertiary/aromatic N) is 2. The van der Waals surface area contributed by atoms with Gasteiger partial charge in [-0.15, -0.1) is 0 Å². The van der Waals surface area contributed by atoms with Crippen molar-refractivity contribution in [2.45, 2.75) is 40.0 Å². The number of piperazine rings is 1. The zero-order chi connectivity index (χ0) is 16.8. The number of rotatable bonds is 5. The predicted octanol–water partition coefficient (Wildman–Crippen LogP) is 2.64. The number of carbonyl (C=O) groups excluding carboxylic acids is 2. The van der Waals surface area contributed by atoms with Crippen LogP contribution in [0.15, 0.2) is 24.3 Å². The molecule has 0 radical (unpaired) electrons. The Hall–Kier alpha value is -1.84. The number of hydrogen-bond acceptors (Lipinski definition) is 2. The molecule has 0 spiro atoms. The van der Waals surface area contributed by atoms with Gasteiger partial charge in [-0.3, -0.25) is 9.59 Å². The van der Waals surface area contributed by atoms with Gasteiger partial charge >= 0.3 is 0 Å². The van der Waals surface area contributed by atoms with E-state index in [1.54, 1.807) is 0 Å². The van der Waals surface area contributed by atoms with Gasteiger partial charge in [-0.05, 0) is 25.3 Å². The molecule has 0 aliphatic carbocycles. The highest BCUT2D eigenvalue weighted by molar-refractivity contribution is 5.81. The van der Waals surface area contributed by atoms with E-state index in [-0.39, 0.29) is 17.7 Å². The molecule has 1 heterocycles. The Kier molecular flexibility index (Phi) is 6.20. The minimum absolute atomic E-state index is 0.129. The van der Waals surface area contributed by atoms with Gasteiger partial charge in [-0.2, -0.15) is 0 Å². The average Bonchev–Trinajstić information content (AvgIpc) is 2.58. The van der Waals surface area contributed by atoms with Crippen LogP contribution in [0, 0.1) is 12.8 Å². The van der Waals surface area contributed by atoms with Crippen LogP contribution in [-0.4, -0.2) is 47.8 Å². The molecule has 1 aliphatic heterocycles. The maximum atomic E-state index is 12.4. The van der Waals surface area contributed by atoms with Crippen LogP contribution in [-0.2, 0) is 16.0 Å². The Morgan fingerprint density at radius 1 is 0.957 bits per heavy atom. The monoisotopic (exact) mass is 316 g/mol. The molecule has 1 aliphatic rings. The van der Waals surface area contributed by atoms with Crippen LogP contribution in [0.25, 0.3) is 0 Å². The molecule has 4 nitrogen and oxygen atoms in total. The summed E-state index contributed by atoms with van der Waals surface area (Å²) < 4.78 is 0. The van der Waals surface area contributed by atoms with E-state index in [9.17, 15) is 9.59 Å². The first kappa shape index (κ1) is 17.5. The molecule has 0 bridgehead atoms. The maximum absolute atomic E-state index is 12.4. The summed E-state index contributed by atoms with van der Waals surface area (Å²) in [6.45, 7) is 8.79. The van der Waals surface area contributed by atoms with Gasteiger partial charge < -0.3 is 9.80 Å². The number of amides is 2. The van der Waals surface area contributed by atoms with Gasteiger partial charge in [-0.25, -0.2) is 0 Å². The molecule has 1 aromatic rings. The molecular formula is C19H28N2O2. The van der Waals surface area contributed by atoms with E-state index < -0.39 is 0 Å². The molecule has 1 saturated heterocycles. The van der Waals surface area contributed by atoms with Crippen LogP contribution < -0.4 is 0 Å². The normalized spacial score (nSPS) is 15.1. The molecule has 2 amide bonds. The van der Waals surface area contributed by atoms with Crippen molar-refractivity contribution in [3.05, 3.63) is 35.4 Å². The van der Waals surface area contributed by atoms with E-state index in [0.717, 1.165) is 18.4 Å². The molecular weight excluding hydrogens is 288 g/mol. The summed E-state index contributed by atoms with van der Waals surface area (Å²) in [5.74, 6) is 0.536. The van der Waals surface area contributed by atoms with E-state index in [4.69, 9.17) is 0 Å². The van der Waals surface area contributed by atoms with Crippen molar-refractivity contribution in [1.82, 2.24) is 9.80 Å². The van der Waals surface area contributed by atoms with Crippen molar-refractivity contribution in [3.63, 3.8) is 0 Å². The number of benzene rings is 1. The molecule has 1 fully saturated rings. The molecule has 2 rings (SSSR count). The highest BCUT2D eigenvalue weighted by Gasteiger charge is 2.27. The van der Waals surface area contributed by atoms with E-state index >= 15 is 0 Å². The predicted molar refractivity (Wildman–Crippen MR) is 92.1 cm³/mol. The minimum atomic E-state index is 0.129. The highest BCUT2D eigenvalue weighted by Crippen LogP contribution is 2.14. The molecule has 23 heavy (non-hydrogen) atoms. The molecule has 126 valence electrons. The lowest BCUT2D eigenvalue weighted by atomic mass is 10.0. The smallest absolute Gasteiger partial charge is 0.227 e. The zero-order valence-corrected chi connectivity index (χ0v) is 14.5. The second-order valence-electron chi connectivity index (χ2n) is 6.38. The van der Waals surface area contributed by atoms with Crippen molar-refractivity contribution >= 4 is 11.8 Å². The van der Waals surface area contributed by atoms with Gasteiger partial charge in [0.2, 0.25) is 11.8 Å². The quantitative estimate of drug-likeness (QED) is 0.838. The van der Waals surface area contributed by atoms with Crippen molar-refractivity contribution in [2.75, 3.05) is 26.2 Å². The Morgan fingerprint density at radius 3 is 2.00 bits per heavy atom. The molecule has 4 heteroatoms. The lowest BCUT2D eigenvalue weighted by molar-refractivity contribution is -0.142. The standard InChI is InChI=1S/C19H28N2O2/c1-4-17(5-2)19(23)21-12-10-20(11-13-21)18(22)14-16-8-6-15(3)7-9-16/h6-9,17H,4-5,10-14H2,1-3H3. The Balaban J connectivity index is 1.85. The van der Waals surface area contributed by atoms with Gasteiger partial charge in [0.25, 0.3) is 0 Å². The summed E-state index contributed by atoms with van der Waals surface area (Å²) >= 11 is 0. The van der Waals surface area contributed by atoms with E-state index in [2.05, 4.69) is 13.8 Å². The fraction of sp³-hybridized carbons (Fsp3) is 0.579. The van der Waals surface area contributed by atoms with Gasteiger partial charge in [-0.1, -0.05) is 43.7 Å². The molecule has 0 N–H and O–H groups in total. The molecule has 0 unspecified atom stereocenters. The van der Waals surface area contributed by atoms with Crippen LogP contribution in [0.5, 0.6) is 0 Å². The first-order chi connectivity index (χ1) is 11.0. The van der Waals surface area contributed by atoms with Gasteiger partial charge in [0.15, 0.2) is 0 Å². The SMILES string of the molecule is CCC(CC)C(=O)N1CCN(C(=O)Cc2ccc(C)cc2)CC1. The van der Waals surface area contributed by atoms with Crippen LogP contribution in [0.2, 0.25) is 0 Å². The fourth-order valence-corrected chi connectivity index (χ4v) is 3.06. The number of carbonyl (C=O) groups is 2. The van der Waals surface area contributed by atoms with Crippen molar-refractivity contribution in [3.8, 4) is 0 Å². The Labute approximate surface area is 139 Å². The molecule has 0 aromatic heterocycles. The Morgan fingerprint density at radius 2 is 1.48 bits per heavy atom. The molecule has 1 aromatic carbocycles. The first-order valence-corrected chi connectivity index (χ1v) is 8.67. The van der Waals surface area contributed by atoms with Gasteiger partial charge in [0.05, 0.1) is 6.42 Å². The summed E-state index contributed by atoms with van der Waals surface area (Å²) in [5, 5.41) is 0. The lowest BCUT2D eigenvalue weighted by Crippen LogP contribution is -2.52. The molecule has 0 saturated carbocycles. The summed E-state index contributed by atoms with van der Waals surface area (Å²) in [5.41, 5.74) is 2.26. The largest absolute Gasteiger partial charge is 0.339 e. The summed E-state index contributed by atoms with van der Waals surface area (Å²) in [6.07, 6.45) is 2.23. The first-order valence-electron chi connectivity index (χ1n) is 8.67. The summed E-state index contributed by atoms with van der Waals surface area (Å²) in [7, 11) is 0. The topological polar surface area (TPSA) is 40.6 Å². The second kappa shape index (κ2) is 8.14. The van der Waals surface area contributed by atoms with Crippen LogP contribution >= 0.6 is 0 Å². The third-order valence-electron chi connectivity index (χ3n) is 4.75. The third kappa shape index (κ3) is 4.57. The van der Waals surface area contributed by atoms with Crippen molar-refractivity contribution in [1.29, 1.82) is 0 Å². The van der Waals surface area contributed by atoms with E-state index in [1.165, 1.54) is 5.56 Å².